The molecule has 0 unspecified atom stereocenters. The van der Waals surface area contributed by atoms with Gasteiger partial charge in [0, 0.05) is 57.5 Å². The van der Waals surface area contributed by atoms with Crippen LogP contribution < -0.4 is 14.8 Å². The van der Waals surface area contributed by atoms with Crippen LogP contribution in [0, 0.1) is 0 Å². The van der Waals surface area contributed by atoms with E-state index < -0.39 is 7.81 Å². The summed E-state index contributed by atoms with van der Waals surface area (Å²) in [6.07, 6.45) is 0. The van der Waals surface area contributed by atoms with Crippen LogP contribution in [0.25, 0.3) is 42.1 Å². The van der Waals surface area contributed by atoms with Gasteiger partial charge >= 0.3 is 33.0 Å². The summed E-state index contributed by atoms with van der Waals surface area (Å²) in [5.41, 5.74) is 3.82. The fraction of sp³-hybridized carbons (Fsp3) is 0.148. The molecule has 5 rings (SSSR count). The van der Waals surface area contributed by atoms with E-state index in [1.807, 2.05) is 11.3 Å². The number of halogens is 6. The molecule has 0 saturated carbocycles. The SMILES string of the molecule is CN(C)c1ccc2c(-c3ccccc3)c3ccc4cc(=[N+](C)C)ccc4c3sc2c1.F[P-](F)(F)(F)(F)F. The summed E-state index contributed by atoms with van der Waals surface area (Å²) in [6.45, 7) is 0. The van der Waals surface area contributed by atoms with Gasteiger partial charge in [0.1, 0.15) is 14.1 Å². The zero-order valence-corrected chi connectivity index (χ0v) is 22.2. The molecule has 0 radical (unpaired) electrons. The summed E-state index contributed by atoms with van der Waals surface area (Å²) >= 11 is 1.90. The van der Waals surface area contributed by atoms with Crippen molar-refractivity contribution in [3.63, 3.8) is 0 Å². The second-order valence-corrected chi connectivity index (χ2v) is 12.1. The first-order valence-corrected chi connectivity index (χ1v) is 14.1. The van der Waals surface area contributed by atoms with E-state index in [9.17, 15) is 25.2 Å². The molecular formula is C27H25F6N2PS. The summed E-state index contributed by atoms with van der Waals surface area (Å²) in [7, 11) is -2.27. The predicted molar refractivity (Wildman–Crippen MR) is 147 cm³/mol. The van der Waals surface area contributed by atoms with E-state index in [0.29, 0.717) is 0 Å². The topological polar surface area (TPSA) is 6.25 Å². The molecule has 0 aliphatic rings. The van der Waals surface area contributed by atoms with Crippen LogP contribution in [0.3, 0.4) is 0 Å². The molecule has 1 heterocycles. The van der Waals surface area contributed by atoms with Gasteiger partial charge < -0.3 is 4.90 Å². The normalized spacial score (nSPS) is 13.6. The summed E-state index contributed by atoms with van der Waals surface area (Å²) in [4.78, 5) is 2.17. The minimum absolute atomic E-state index is 1.23. The van der Waals surface area contributed by atoms with Crippen LogP contribution in [-0.2, 0) is 0 Å². The molecule has 4 aromatic carbocycles. The Morgan fingerprint density at radius 1 is 0.703 bits per heavy atom. The van der Waals surface area contributed by atoms with Gasteiger partial charge in [0.25, 0.3) is 0 Å². The zero-order valence-electron chi connectivity index (χ0n) is 20.5. The monoisotopic (exact) mass is 554 g/mol. The number of anilines is 1. The maximum atomic E-state index is 9.87. The molecule has 0 spiro atoms. The van der Waals surface area contributed by atoms with Crippen LogP contribution >= 0.6 is 19.1 Å². The molecule has 196 valence electrons. The summed E-state index contributed by atoms with van der Waals surface area (Å²) in [5.74, 6) is 0. The van der Waals surface area contributed by atoms with Crippen LogP contribution in [0.2, 0.25) is 0 Å². The van der Waals surface area contributed by atoms with Gasteiger partial charge in [0.05, 0.1) is 0 Å². The summed E-state index contributed by atoms with van der Waals surface area (Å²) in [6, 6.07) is 28.9. The third-order valence-electron chi connectivity index (χ3n) is 5.77. The van der Waals surface area contributed by atoms with Crippen molar-refractivity contribution in [2.75, 3.05) is 33.1 Å². The molecule has 0 atom stereocenters. The molecule has 10 heteroatoms. The maximum absolute atomic E-state index is 10.7. The molecule has 0 aliphatic heterocycles. The Morgan fingerprint density at radius 3 is 1.89 bits per heavy atom. The Morgan fingerprint density at radius 2 is 1.30 bits per heavy atom. The van der Waals surface area contributed by atoms with Crippen LogP contribution in [0.4, 0.5) is 30.9 Å². The van der Waals surface area contributed by atoms with Gasteiger partial charge in [-0.2, -0.15) is 0 Å². The predicted octanol–water partition coefficient (Wildman–Crippen LogP) is 9.35. The first kappa shape index (κ1) is 26.9. The average molecular weight is 555 g/mol. The summed E-state index contributed by atoms with van der Waals surface area (Å²) < 4.78 is 64.0. The van der Waals surface area contributed by atoms with Crippen molar-refractivity contribution in [2.24, 2.45) is 0 Å². The Hall–Kier alpha value is -3.16. The molecule has 5 aromatic rings. The third-order valence-corrected chi connectivity index (χ3v) is 6.97. The summed E-state index contributed by atoms with van der Waals surface area (Å²) in [5, 5.41) is 6.46. The molecule has 2 nitrogen and oxygen atoms in total. The molecule has 37 heavy (non-hydrogen) atoms. The average Bonchev–Trinajstić information content (AvgIpc) is 2.80. The second-order valence-electron chi connectivity index (χ2n) is 9.12. The molecule has 0 fully saturated rings. The first-order valence-electron chi connectivity index (χ1n) is 11.2. The molecule has 1 aromatic heterocycles. The molecular weight excluding hydrogens is 529 g/mol. The zero-order chi connectivity index (χ0) is 27.2. The van der Waals surface area contributed by atoms with Gasteiger partial charge in [-0.3, -0.25) is 0 Å². The van der Waals surface area contributed by atoms with Crippen LogP contribution in [-0.4, -0.2) is 28.2 Å². The Bertz CT molecular complexity index is 1700. The van der Waals surface area contributed by atoms with E-state index in [1.165, 1.54) is 53.1 Å². The Kier molecular flexibility index (Phi) is 6.33. The third kappa shape index (κ3) is 6.79. The molecule has 0 aliphatic carbocycles. The first-order chi connectivity index (χ1) is 17.0. The fourth-order valence-corrected chi connectivity index (χ4v) is 5.38. The van der Waals surface area contributed by atoms with Gasteiger partial charge in [-0.15, -0.1) is 11.3 Å². The van der Waals surface area contributed by atoms with E-state index in [2.05, 4.69) is 117 Å². The number of benzene rings is 4. The standard InChI is InChI=1S/C27H25N2S.F6P/c1-28(2)20-11-14-22-19(16-20)10-13-24-26(18-8-6-5-7-9-18)23-15-12-21(29(3)4)17-25(23)30-27(22)24;1-7(2,3,4,5)6/h5-17H,1-4H3;/q+1;-1. The van der Waals surface area contributed by atoms with Crippen LogP contribution in [0.1, 0.15) is 0 Å². The van der Waals surface area contributed by atoms with E-state index >= 15 is 0 Å². The second kappa shape index (κ2) is 8.71. The molecule has 0 N–H and O–H groups in total. The van der Waals surface area contributed by atoms with Gasteiger partial charge in [-0.05, 0) is 34.7 Å². The van der Waals surface area contributed by atoms with E-state index in [0.717, 1.165) is 0 Å². The molecule has 0 amide bonds. The molecule has 0 bridgehead atoms. The Balaban J connectivity index is 0.000000405. The van der Waals surface area contributed by atoms with Crippen molar-refractivity contribution in [1.29, 1.82) is 0 Å². The van der Waals surface area contributed by atoms with E-state index in [-0.39, 0.29) is 0 Å². The van der Waals surface area contributed by atoms with Crippen molar-refractivity contribution >= 4 is 55.8 Å². The van der Waals surface area contributed by atoms with Crippen molar-refractivity contribution < 1.29 is 25.2 Å². The minimum atomic E-state index is -10.7. The number of hydrogen-bond donors (Lipinski definition) is 0. The van der Waals surface area contributed by atoms with Crippen molar-refractivity contribution in [1.82, 2.24) is 4.58 Å². The van der Waals surface area contributed by atoms with Crippen molar-refractivity contribution in [2.45, 2.75) is 0 Å². The van der Waals surface area contributed by atoms with Gasteiger partial charge in [-0.25, -0.2) is 4.58 Å². The number of rotatable bonds is 2. The van der Waals surface area contributed by atoms with Crippen molar-refractivity contribution in [3.05, 3.63) is 84.2 Å². The number of nitrogens with zero attached hydrogens (tertiary/aromatic N) is 2. The van der Waals surface area contributed by atoms with Crippen molar-refractivity contribution in [3.8, 4) is 11.1 Å². The Labute approximate surface area is 213 Å². The number of hydrogen-bond acceptors (Lipinski definition) is 2. The van der Waals surface area contributed by atoms with E-state index in [1.54, 1.807) is 0 Å². The van der Waals surface area contributed by atoms with Crippen LogP contribution in [0.5, 0.6) is 0 Å². The van der Waals surface area contributed by atoms with Gasteiger partial charge in [-0.1, -0.05) is 48.5 Å². The quantitative estimate of drug-likeness (QED) is 0.0693. The number of fused-ring (bicyclic) bond motifs is 4. The van der Waals surface area contributed by atoms with Crippen LogP contribution in [0.15, 0.2) is 78.9 Å². The van der Waals surface area contributed by atoms with Gasteiger partial charge in [0.2, 0.25) is 0 Å². The molecule has 0 saturated heterocycles. The van der Waals surface area contributed by atoms with E-state index in [4.69, 9.17) is 0 Å². The fourth-order valence-electron chi connectivity index (χ4n) is 4.12. The van der Waals surface area contributed by atoms with Gasteiger partial charge in [0.15, 0.2) is 5.36 Å².